The van der Waals surface area contributed by atoms with Gasteiger partial charge in [0.25, 0.3) is 0 Å². The molecule has 0 saturated heterocycles. The average Bonchev–Trinajstić information content (AvgIpc) is 2.61. The van der Waals surface area contributed by atoms with Crippen molar-refractivity contribution in [3.63, 3.8) is 0 Å². The topological polar surface area (TPSA) is 102 Å². The first kappa shape index (κ1) is 19.9. The number of rotatable bonds is 9. The van der Waals surface area contributed by atoms with Crippen molar-refractivity contribution >= 4 is 19.9 Å². The molecule has 0 amide bonds. The minimum atomic E-state index is -3.59. The van der Waals surface area contributed by atoms with E-state index in [0.717, 1.165) is 25.1 Å². The van der Waals surface area contributed by atoms with E-state index in [0.29, 0.717) is 12.3 Å². The zero-order chi connectivity index (χ0) is 18.3. The van der Waals surface area contributed by atoms with Crippen molar-refractivity contribution in [1.29, 1.82) is 0 Å². The van der Waals surface area contributed by atoms with Crippen LogP contribution < -0.4 is 14.8 Å². The third-order valence-electron chi connectivity index (χ3n) is 3.88. The minimum absolute atomic E-state index is 0.0444. The van der Waals surface area contributed by atoms with Gasteiger partial charge in [-0.1, -0.05) is 18.6 Å². The van der Waals surface area contributed by atoms with Gasteiger partial charge >= 0.3 is 0 Å². The Morgan fingerprint density at radius 1 is 1.16 bits per heavy atom. The van der Waals surface area contributed by atoms with Crippen LogP contribution in [0.2, 0.25) is 0 Å². The number of sulfone groups is 1. The van der Waals surface area contributed by atoms with E-state index in [1.807, 2.05) is 6.08 Å². The van der Waals surface area contributed by atoms with E-state index in [4.69, 9.17) is 4.74 Å². The highest BCUT2D eigenvalue weighted by Crippen LogP contribution is 2.16. The van der Waals surface area contributed by atoms with Crippen LogP contribution in [-0.2, 0) is 19.9 Å². The number of hydrogen-bond donors (Lipinski definition) is 2. The van der Waals surface area contributed by atoms with Crippen molar-refractivity contribution in [2.45, 2.75) is 18.2 Å². The van der Waals surface area contributed by atoms with E-state index in [-0.39, 0.29) is 23.0 Å². The molecule has 1 aliphatic rings. The lowest BCUT2D eigenvalue weighted by atomic mass is 10.1. The Bertz CT molecular complexity index is 799. The highest BCUT2D eigenvalue weighted by atomic mass is 32.2. The van der Waals surface area contributed by atoms with Crippen LogP contribution in [0.1, 0.15) is 13.3 Å². The van der Waals surface area contributed by atoms with Gasteiger partial charge in [-0.2, -0.15) is 0 Å². The van der Waals surface area contributed by atoms with Gasteiger partial charge in [0.15, 0.2) is 9.84 Å². The average molecular weight is 389 g/mol. The summed E-state index contributed by atoms with van der Waals surface area (Å²) < 4.78 is 55.3. The Labute approximate surface area is 149 Å². The molecule has 0 aliphatic carbocycles. The predicted octanol–water partition coefficient (Wildman–Crippen LogP) is 0.698. The summed E-state index contributed by atoms with van der Waals surface area (Å²) in [5.41, 5.74) is 1.07. The molecule has 9 heteroatoms. The van der Waals surface area contributed by atoms with Gasteiger partial charge in [0.2, 0.25) is 10.0 Å². The predicted molar refractivity (Wildman–Crippen MR) is 97.0 cm³/mol. The maximum Gasteiger partial charge on any atom is 0.240 e. The smallest absolute Gasteiger partial charge is 0.240 e. The second kappa shape index (κ2) is 8.79. The van der Waals surface area contributed by atoms with E-state index < -0.39 is 19.9 Å². The molecular weight excluding hydrogens is 364 g/mol. The van der Waals surface area contributed by atoms with Crippen LogP contribution in [0.15, 0.2) is 40.8 Å². The first-order valence-corrected chi connectivity index (χ1v) is 11.4. The summed E-state index contributed by atoms with van der Waals surface area (Å²) >= 11 is 0. The Balaban J connectivity index is 1.90. The summed E-state index contributed by atoms with van der Waals surface area (Å²) in [5.74, 6) is 0.451. The fourth-order valence-electron chi connectivity index (χ4n) is 2.25. The van der Waals surface area contributed by atoms with Crippen molar-refractivity contribution in [2.75, 3.05) is 37.7 Å². The Morgan fingerprint density at radius 3 is 2.48 bits per heavy atom. The number of hydrogen-bond acceptors (Lipinski definition) is 6. The van der Waals surface area contributed by atoms with E-state index in [9.17, 15) is 16.8 Å². The SMILES string of the molecule is CCS(=O)(=O)CCOc1ccc(S(=O)(=O)NCC2=CCNCC2)cc1. The van der Waals surface area contributed by atoms with Gasteiger partial charge in [0.05, 0.1) is 10.6 Å². The highest BCUT2D eigenvalue weighted by Gasteiger charge is 2.15. The minimum Gasteiger partial charge on any atom is -0.493 e. The van der Waals surface area contributed by atoms with Crippen LogP contribution in [0, 0.1) is 0 Å². The first-order valence-electron chi connectivity index (χ1n) is 8.14. The van der Waals surface area contributed by atoms with Crippen molar-refractivity contribution in [3.8, 4) is 5.75 Å². The van der Waals surface area contributed by atoms with E-state index in [1.165, 1.54) is 24.3 Å². The molecule has 0 fully saturated rings. The van der Waals surface area contributed by atoms with Crippen molar-refractivity contribution in [2.24, 2.45) is 0 Å². The lowest BCUT2D eigenvalue weighted by Crippen LogP contribution is -2.29. The van der Waals surface area contributed by atoms with Crippen LogP contribution in [0.3, 0.4) is 0 Å². The fourth-order valence-corrected chi connectivity index (χ4v) is 3.91. The summed E-state index contributed by atoms with van der Waals surface area (Å²) in [6.45, 7) is 3.55. The normalized spacial score (nSPS) is 15.6. The molecule has 0 bridgehead atoms. The number of nitrogens with one attached hydrogen (secondary N) is 2. The number of ether oxygens (including phenoxy) is 1. The first-order chi connectivity index (χ1) is 11.8. The van der Waals surface area contributed by atoms with Crippen molar-refractivity contribution < 1.29 is 21.6 Å². The lowest BCUT2D eigenvalue weighted by molar-refractivity contribution is 0.340. The zero-order valence-corrected chi connectivity index (χ0v) is 15.8. The van der Waals surface area contributed by atoms with E-state index in [2.05, 4.69) is 10.0 Å². The second-order valence-corrected chi connectivity index (χ2v) is 9.94. The molecule has 2 rings (SSSR count). The molecule has 7 nitrogen and oxygen atoms in total. The third-order valence-corrected chi connectivity index (χ3v) is 6.97. The zero-order valence-electron chi connectivity index (χ0n) is 14.2. The largest absolute Gasteiger partial charge is 0.493 e. The van der Waals surface area contributed by atoms with E-state index in [1.54, 1.807) is 6.92 Å². The van der Waals surface area contributed by atoms with Gasteiger partial charge in [-0.05, 0) is 37.2 Å². The van der Waals surface area contributed by atoms with Gasteiger partial charge in [-0.15, -0.1) is 0 Å². The molecule has 2 N–H and O–H groups in total. The fraction of sp³-hybridized carbons (Fsp3) is 0.500. The molecule has 1 aromatic carbocycles. The summed E-state index contributed by atoms with van der Waals surface area (Å²) in [5, 5.41) is 3.17. The van der Waals surface area contributed by atoms with Crippen LogP contribution >= 0.6 is 0 Å². The Kier molecular flexibility index (Phi) is 7.00. The van der Waals surface area contributed by atoms with Crippen LogP contribution in [0.25, 0.3) is 0 Å². The maximum absolute atomic E-state index is 12.3. The van der Waals surface area contributed by atoms with Gasteiger partial charge in [0.1, 0.15) is 12.4 Å². The molecular formula is C16H24N2O5S2. The quantitative estimate of drug-likeness (QED) is 0.604. The molecule has 0 radical (unpaired) electrons. The molecule has 1 heterocycles. The Morgan fingerprint density at radius 2 is 1.88 bits per heavy atom. The van der Waals surface area contributed by atoms with Crippen molar-refractivity contribution in [1.82, 2.24) is 10.0 Å². The van der Waals surface area contributed by atoms with Crippen LogP contribution in [0.4, 0.5) is 0 Å². The van der Waals surface area contributed by atoms with Gasteiger partial charge in [0, 0.05) is 18.8 Å². The molecule has 0 saturated carbocycles. The van der Waals surface area contributed by atoms with Gasteiger partial charge in [-0.3, -0.25) is 0 Å². The maximum atomic E-state index is 12.3. The summed E-state index contributed by atoms with van der Waals surface area (Å²) in [6.07, 6.45) is 2.82. The van der Waals surface area contributed by atoms with Crippen LogP contribution in [-0.4, -0.2) is 54.6 Å². The molecule has 140 valence electrons. The molecule has 0 atom stereocenters. The molecule has 1 aromatic rings. The molecule has 1 aliphatic heterocycles. The molecule has 0 aromatic heterocycles. The molecule has 0 unspecified atom stereocenters. The van der Waals surface area contributed by atoms with Gasteiger partial charge < -0.3 is 10.1 Å². The highest BCUT2D eigenvalue weighted by molar-refractivity contribution is 7.91. The number of sulfonamides is 1. The molecule has 0 spiro atoms. The van der Waals surface area contributed by atoms with E-state index >= 15 is 0 Å². The summed E-state index contributed by atoms with van der Waals surface area (Å²) in [7, 11) is -6.67. The van der Waals surface area contributed by atoms with Crippen LogP contribution in [0.5, 0.6) is 5.75 Å². The lowest BCUT2D eigenvalue weighted by Gasteiger charge is -2.15. The third kappa shape index (κ3) is 6.43. The summed E-state index contributed by atoms with van der Waals surface area (Å²) in [6, 6.07) is 5.94. The second-order valence-electron chi connectivity index (χ2n) is 5.70. The monoisotopic (exact) mass is 388 g/mol. The molecule has 25 heavy (non-hydrogen) atoms. The van der Waals surface area contributed by atoms with Crippen molar-refractivity contribution in [3.05, 3.63) is 35.9 Å². The number of benzene rings is 1. The standard InChI is InChI=1S/C16H24N2O5S2/c1-2-24(19,20)12-11-23-15-3-5-16(6-4-15)25(21,22)18-13-14-7-9-17-10-8-14/h3-7,17-18H,2,8-13H2,1H3. The summed E-state index contributed by atoms with van der Waals surface area (Å²) in [4.78, 5) is 0.149. The van der Waals surface area contributed by atoms with Gasteiger partial charge in [-0.25, -0.2) is 21.6 Å². The Hall–Kier alpha value is -1.42.